The second kappa shape index (κ2) is 7.95. The normalized spacial score (nSPS) is 10.5. The number of aromatic nitrogens is 1. The fourth-order valence-electron chi connectivity index (χ4n) is 1.97. The summed E-state index contributed by atoms with van der Waals surface area (Å²) in [6.45, 7) is 5.36. The van der Waals surface area contributed by atoms with Crippen LogP contribution in [0, 0.1) is 6.92 Å². The number of nitrogens with one attached hydrogen (secondary N) is 1. The lowest BCUT2D eigenvalue weighted by atomic mass is 10.1. The fraction of sp³-hybridized carbons (Fsp3) is 0.353. The third-order valence-corrected chi connectivity index (χ3v) is 4.18. The van der Waals surface area contributed by atoms with Gasteiger partial charge in [0.05, 0.1) is 5.69 Å². The van der Waals surface area contributed by atoms with Crippen LogP contribution in [-0.2, 0) is 11.5 Å². The third kappa shape index (κ3) is 4.57. The molecule has 0 amide bonds. The lowest BCUT2D eigenvalue weighted by Crippen LogP contribution is -2.00. The number of anilines is 1. The van der Waals surface area contributed by atoms with Crippen molar-refractivity contribution >= 4 is 17.4 Å². The van der Waals surface area contributed by atoms with Gasteiger partial charge in [0.2, 0.25) is 0 Å². The molecule has 0 aliphatic heterocycles. The first kappa shape index (κ1) is 14.9. The van der Waals surface area contributed by atoms with Crippen molar-refractivity contribution in [2.75, 3.05) is 11.9 Å². The Morgan fingerprint density at radius 3 is 2.80 bits per heavy atom. The maximum absolute atomic E-state index is 4.44. The highest BCUT2D eigenvalue weighted by molar-refractivity contribution is 7.97. The molecule has 106 valence electrons. The van der Waals surface area contributed by atoms with Gasteiger partial charge in [0.25, 0.3) is 0 Å². The van der Waals surface area contributed by atoms with E-state index in [0.29, 0.717) is 0 Å². The van der Waals surface area contributed by atoms with E-state index in [9.17, 15) is 0 Å². The van der Waals surface area contributed by atoms with Crippen LogP contribution >= 0.6 is 11.8 Å². The Balaban J connectivity index is 1.86. The van der Waals surface area contributed by atoms with Gasteiger partial charge >= 0.3 is 0 Å². The molecule has 2 nitrogen and oxygen atoms in total. The highest BCUT2D eigenvalue weighted by atomic mass is 32.2. The summed E-state index contributed by atoms with van der Waals surface area (Å²) in [6, 6.07) is 12.8. The summed E-state index contributed by atoms with van der Waals surface area (Å²) >= 11 is 1.92. The van der Waals surface area contributed by atoms with E-state index in [1.807, 2.05) is 24.0 Å². The fourth-order valence-corrected chi connectivity index (χ4v) is 2.99. The molecular weight excluding hydrogens is 264 g/mol. The molecule has 3 heteroatoms. The SMILES string of the molecule is CCCNc1ccnc(CSCc2ccccc2C)c1. The maximum atomic E-state index is 4.44. The van der Waals surface area contributed by atoms with Gasteiger partial charge in [-0.1, -0.05) is 31.2 Å². The molecule has 0 fully saturated rings. The van der Waals surface area contributed by atoms with E-state index in [1.54, 1.807) is 0 Å². The third-order valence-electron chi connectivity index (χ3n) is 3.16. The monoisotopic (exact) mass is 286 g/mol. The second-order valence-corrected chi connectivity index (χ2v) is 5.87. The van der Waals surface area contributed by atoms with Gasteiger partial charge in [-0.05, 0) is 36.6 Å². The minimum Gasteiger partial charge on any atom is -0.385 e. The molecule has 20 heavy (non-hydrogen) atoms. The summed E-state index contributed by atoms with van der Waals surface area (Å²) in [6.07, 6.45) is 3.03. The van der Waals surface area contributed by atoms with E-state index >= 15 is 0 Å². The molecule has 0 spiro atoms. The van der Waals surface area contributed by atoms with Crippen LogP contribution in [0.1, 0.15) is 30.2 Å². The molecule has 1 heterocycles. The first-order valence-electron chi connectivity index (χ1n) is 7.10. The molecule has 0 saturated carbocycles. The van der Waals surface area contributed by atoms with E-state index in [0.717, 1.165) is 30.2 Å². The van der Waals surface area contributed by atoms with Crippen molar-refractivity contribution < 1.29 is 0 Å². The first-order chi connectivity index (χ1) is 9.79. The molecule has 0 saturated heterocycles. The van der Waals surface area contributed by atoms with Crippen LogP contribution in [0.3, 0.4) is 0 Å². The first-order valence-corrected chi connectivity index (χ1v) is 8.26. The number of benzene rings is 1. The van der Waals surface area contributed by atoms with Gasteiger partial charge in [0.15, 0.2) is 0 Å². The Bertz CT molecular complexity index is 540. The number of nitrogens with zero attached hydrogens (tertiary/aromatic N) is 1. The van der Waals surface area contributed by atoms with E-state index in [2.05, 4.69) is 54.5 Å². The topological polar surface area (TPSA) is 24.9 Å². The molecule has 2 rings (SSSR count). The summed E-state index contributed by atoms with van der Waals surface area (Å²) < 4.78 is 0. The molecule has 0 aliphatic rings. The lowest BCUT2D eigenvalue weighted by molar-refractivity contribution is 0.977. The van der Waals surface area contributed by atoms with Gasteiger partial charge < -0.3 is 5.32 Å². The van der Waals surface area contributed by atoms with Crippen molar-refractivity contribution in [2.45, 2.75) is 31.8 Å². The van der Waals surface area contributed by atoms with Gasteiger partial charge in [0, 0.05) is 29.9 Å². The largest absolute Gasteiger partial charge is 0.385 e. The summed E-state index contributed by atoms with van der Waals surface area (Å²) in [4.78, 5) is 4.44. The van der Waals surface area contributed by atoms with E-state index in [4.69, 9.17) is 0 Å². The van der Waals surface area contributed by atoms with Crippen LogP contribution in [0.25, 0.3) is 0 Å². The second-order valence-electron chi connectivity index (χ2n) is 4.88. The quantitative estimate of drug-likeness (QED) is 0.802. The standard InChI is InChI=1S/C17H22N2S/c1-3-9-18-16-8-10-19-17(11-16)13-20-12-15-7-5-4-6-14(15)2/h4-8,10-11H,3,9,12-13H2,1-2H3,(H,18,19). The van der Waals surface area contributed by atoms with Crippen LogP contribution in [0.15, 0.2) is 42.6 Å². The highest BCUT2D eigenvalue weighted by Gasteiger charge is 2.00. The number of hydrogen-bond acceptors (Lipinski definition) is 3. The zero-order chi connectivity index (χ0) is 14.2. The van der Waals surface area contributed by atoms with Crippen molar-refractivity contribution in [3.63, 3.8) is 0 Å². The smallest absolute Gasteiger partial charge is 0.0523 e. The number of aryl methyl sites for hydroxylation is 1. The molecule has 2 aromatic rings. The Morgan fingerprint density at radius 1 is 1.15 bits per heavy atom. The summed E-state index contributed by atoms with van der Waals surface area (Å²) in [7, 11) is 0. The molecule has 0 aliphatic carbocycles. The van der Waals surface area contributed by atoms with Crippen LogP contribution < -0.4 is 5.32 Å². The minimum absolute atomic E-state index is 0.954. The Hall–Kier alpha value is -1.48. The number of hydrogen-bond donors (Lipinski definition) is 1. The summed E-state index contributed by atoms with van der Waals surface area (Å²) in [5.41, 5.74) is 5.10. The Morgan fingerprint density at radius 2 is 2.00 bits per heavy atom. The van der Waals surface area contributed by atoms with Gasteiger partial charge in [0.1, 0.15) is 0 Å². The molecular formula is C17H22N2S. The number of rotatable bonds is 7. The van der Waals surface area contributed by atoms with Crippen LogP contribution in [-0.4, -0.2) is 11.5 Å². The molecule has 0 atom stereocenters. The summed E-state index contributed by atoms with van der Waals surface area (Å²) in [5.74, 6) is 2.00. The average molecular weight is 286 g/mol. The van der Waals surface area contributed by atoms with Crippen molar-refractivity contribution in [2.24, 2.45) is 0 Å². The van der Waals surface area contributed by atoms with Crippen molar-refractivity contribution in [3.05, 3.63) is 59.4 Å². The number of thioether (sulfide) groups is 1. The van der Waals surface area contributed by atoms with Crippen LogP contribution in [0.2, 0.25) is 0 Å². The van der Waals surface area contributed by atoms with Crippen molar-refractivity contribution in [1.82, 2.24) is 4.98 Å². The van der Waals surface area contributed by atoms with E-state index in [-0.39, 0.29) is 0 Å². The van der Waals surface area contributed by atoms with Gasteiger partial charge in [-0.2, -0.15) is 11.8 Å². The molecule has 1 aromatic carbocycles. The predicted molar refractivity (Wildman–Crippen MR) is 89.2 cm³/mol. The van der Waals surface area contributed by atoms with Crippen LogP contribution in [0.5, 0.6) is 0 Å². The zero-order valence-electron chi connectivity index (χ0n) is 12.2. The predicted octanol–water partition coefficient (Wildman–Crippen LogP) is 4.65. The molecule has 0 unspecified atom stereocenters. The van der Waals surface area contributed by atoms with E-state index < -0.39 is 0 Å². The van der Waals surface area contributed by atoms with Crippen molar-refractivity contribution in [3.8, 4) is 0 Å². The van der Waals surface area contributed by atoms with E-state index in [1.165, 1.54) is 16.8 Å². The van der Waals surface area contributed by atoms with Crippen LogP contribution in [0.4, 0.5) is 5.69 Å². The lowest BCUT2D eigenvalue weighted by Gasteiger charge is -2.07. The van der Waals surface area contributed by atoms with Gasteiger partial charge in [-0.25, -0.2) is 0 Å². The van der Waals surface area contributed by atoms with Gasteiger partial charge in [-0.15, -0.1) is 0 Å². The Kier molecular flexibility index (Phi) is 5.93. The zero-order valence-corrected chi connectivity index (χ0v) is 13.0. The number of pyridine rings is 1. The maximum Gasteiger partial charge on any atom is 0.0523 e. The molecule has 0 radical (unpaired) electrons. The Labute approximate surface area is 126 Å². The van der Waals surface area contributed by atoms with Gasteiger partial charge in [-0.3, -0.25) is 4.98 Å². The molecule has 1 aromatic heterocycles. The molecule has 0 bridgehead atoms. The minimum atomic E-state index is 0.954. The molecule has 1 N–H and O–H groups in total. The highest BCUT2D eigenvalue weighted by Crippen LogP contribution is 2.20. The van der Waals surface area contributed by atoms with Crippen molar-refractivity contribution in [1.29, 1.82) is 0 Å². The summed E-state index contributed by atoms with van der Waals surface area (Å²) in [5, 5.41) is 3.40. The average Bonchev–Trinajstić information content (AvgIpc) is 2.48.